The Morgan fingerprint density at radius 1 is 0.960 bits per heavy atom. The van der Waals surface area contributed by atoms with Gasteiger partial charge in [-0.3, -0.25) is 5.43 Å². The van der Waals surface area contributed by atoms with Crippen LogP contribution in [0.3, 0.4) is 0 Å². The van der Waals surface area contributed by atoms with Gasteiger partial charge in [0.15, 0.2) is 0 Å². The minimum absolute atomic E-state index is 0.0441. The van der Waals surface area contributed by atoms with Crippen molar-refractivity contribution in [3.05, 3.63) is 94.8 Å². The van der Waals surface area contributed by atoms with Gasteiger partial charge in [0, 0.05) is 11.1 Å². The van der Waals surface area contributed by atoms with Crippen LogP contribution in [-0.2, 0) is 6.61 Å². The Morgan fingerprint density at radius 2 is 1.72 bits per heavy atom. The van der Waals surface area contributed by atoms with Crippen molar-refractivity contribution >= 4 is 23.5 Å². The molecular formula is C20H16ClFN2O. The number of hydrogen-bond acceptors (Lipinski definition) is 3. The molecule has 0 saturated carbocycles. The molecule has 0 unspecified atom stereocenters. The minimum Gasteiger partial charge on any atom is -0.488 e. The van der Waals surface area contributed by atoms with Crippen molar-refractivity contribution in [3.63, 3.8) is 0 Å². The summed E-state index contributed by atoms with van der Waals surface area (Å²) in [7, 11) is 0. The first-order valence-electron chi connectivity index (χ1n) is 7.73. The largest absolute Gasteiger partial charge is 0.488 e. The van der Waals surface area contributed by atoms with Crippen LogP contribution >= 0.6 is 11.6 Å². The van der Waals surface area contributed by atoms with Crippen molar-refractivity contribution < 1.29 is 9.13 Å². The standard InChI is InChI=1S/C20H16ClFN2O/c21-18-10-6-11-19(22)17(18)14-25-20-12-5-4-7-15(20)13-23-24-16-8-2-1-3-9-16/h1-13,24H,14H2/b23-13+. The molecule has 0 heterocycles. The average molecular weight is 355 g/mol. The molecule has 3 aromatic carbocycles. The molecule has 3 nitrogen and oxygen atoms in total. The van der Waals surface area contributed by atoms with Crippen LogP contribution in [0, 0.1) is 5.82 Å². The van der Waals surface area contributed by atoms with Gasteiger partial charge in [-0.1, -0.05) is 48.0 Å². The smallest absolute Gasteiger partial charge is 0.131 e. The van der Waals surface area contributed by atoms with E-state index in [1.165, 1.54) is 6.07 Å². The number of ether oxygens (including phenoxy) is 1. The van der Waals surface area contributed by atoms with Crippen molar-refractivity contribution in [1.82, 2.24) is 0 Å². The van der Waals surface area contributed by atoms with Gasteiger partial charge in [0.05, 0.1) is 16.9 Å². The monoisotopic (exact) mass is 354 g/mol. The zero-order valence-electron chi connectivity index (χ0n) is 13.3. The molecule has 0 amide bonds. The molecule has 0 saturated heterocycles. The quantitative estimate of drug-likeness (QED) is 0.468. The minimum atomic E-state index is -0.385. The van der Waals surface area contributed by atoms with Crippen LogP contribution in [-0.4, -0.2) is 6.21 Å². The summed E-state index contributed by atoms with van der Waals surface area (Å²) in [5.74, 6) is 0.213. The number of anilines is 1. The van der Waals surface area contributed by atoms with Gasteiger partial charge < -0.3 is 4.74 Å². The number of benzene rings is 3. The summed E-state index contributed by atoms with van der Waals surface area (Å²) in [4.78, 5) is 0. The van der Waals surface area contributed by atoms with Crippen molar-refractivity contribution in [1.29, 1.82) is 0 Å². The summed E-state index contributed by atoms with van der Waals surface area (Å²) in [6.45, 7) is 0.0441. The topological polar surface area (TPSA) is 33.6 Å². The molecule has 0 aliphatic rings. The second kappa shape index (κ2) is 8.31. The molecule has 0 spiro atoms. The SMILES string of the molecule is Fc1cccc(Cl)c1COc1ccccc1/C=N/Nc1ccccc1. The summed E-state index contributed by atoms with van der Waals surface area (Å²) >= 11 is 6.03. The molecule has 0 atom stereocenters. The number of rotatable bonds is 6. The van der Waals surface area contributed by atoms with Crippen LogP contribution in [0.5, 0.6) is 5.75 Å². The number of hydrazone groups is 1. The van der Waals surface area contributed by atoms with E-state index < -0.39 is 0 Å². The normalized spacial score (nSPS) is 10.8. The van der Waals surface area contributed by atoms with Crippen LogP contribution in [0.1, 0.15) is 11.1 Å². The van der Waals surface area contributed by atoms with E-state index in [9.17, 15) is 4.39 Å². The van der Waals surface area contributed by atoms with Gasteiger partial charge in [-0.25, -0.2) is 4.39 Å². The molecule has 0 bridgehead atoms. The zero-order chi connectivity index (χ0) is 17.5. The molecule has 0 fully saturated rings. The molecule has 0 aliphatic carbocycles. The molecule has 25 heavy (non-hydrogen) atoms. The summed E-state index contributed by atoms with van der Waals surface area (Å²) in [6.07, 6.45) is 1.66. The van der Waals surface area contributed by atoms with Crippen LogP contribution in [0.25, 0.3) is 0 Å². The lowest BCUT2D eigenvalue weighted by molar-refractivity contribution is 0.299. The van der Waals surface area contributed by atoms with Crippen LogP contribution in [0.4, 0.5) is 10.1 Å². The van der Waals surface area contributed by atoms with Crippen molar-refractivity contribution in [2.24, 2.45) is 5.10 Å². The molecule has 0 aromatic heterocycles. The predicted molar refractivity (Wildman–Crippen MR) is 99.8 cm³/mol. The van der Waals surface area contributed by atoms with Gasteiger partial charge in [-0.15, -0.1) is 0 Å². The summed E-state index contributed by atoms with van der Waals surface area (Å²) in [6, 6.07) is 21.6. The summed E-state index contributed by atoms with van der Waals surface area (Å²) in [5, 5.41) is 4.55. The Labute approximate surface area is 150 Å². The highest BCUT2D eigenvalue weighted by atomic mass is 35.5. The molecule has 1 N–H and O–H groups in total. The molecule has 126 valence electrons. The van der Waals surface area contributed by atoms with Gasteiger partial charge in [0.1, 0.15) is 18.2 Å². The zero-order valence-corrected chi connectivity index (χ0v) is 14.1. The van der Waals surface area contributed by atoms with E-state index in [0.29, 0.717) is 16.3 Å². The van der Waals surface area contributed by atoms with Gasteiger partial charge >= 0.3 is 0 Å². The summed E-state index contributed by atoms with van der Waals surface area (Å²) in [5.41, 5.74) is 4.94. The Morgan fingerprint density at radius 3 is 2.52 bits per heavy atom. The maximum Gasteiger partial charge on any atom is 0.131 e. The van der Waals surface area contributed by atoms with Gasteiger partial charge in [0.25, 0.3) is 0 Å². The molecule has 3 rings (SSSR count). The molecule has 3 aromatic rings. The fraction of sp³-hybridized carbons (Fsp3) is 0.0500. The van der Waals surface area contributed by atoms with E-state index in [-0.39, 0.29) is 12.4 Å². The molecule has 0 radical (unpaired) electrons. The van der Waals surface area contributed by atoms with E-state index in [2.05, 4.69) is 10.5 Å². The highest BCUT2D eigenvalue weighted by Gasteiger charge is 2.09. The second-order valence-corrected chi connectivity index (χ2v) is 5.67. The predicted octanol–water partition coefficient (Wildman–Crippen LogP) is 5.50. The third kappa shape index (κ3) is 4.58. The Balaban J connectivity index is 1.70. The maximum atomic E-state index is 13.8. The van der Waals surface area contributed by atoms with Crippen LogP contribution in [0.2, 0.25) is 5.02 Å². The number of nitrogens with zero attached hydrogens (tertiary/aromatic N) is 1. The van der Waals surface area contributed by atoms with E-state index in [1.807, 2.05) is 48.5 Å². The first kappa shape index (κ1) is 17.0. The first-order chi connectivity index (χ1) is 12.2. The maximum absolute atomic E-state index is 13.8. The van der Waals surface area contributed by atoms with Gasteiger partial charge in [-0.05, 0) is 36.4 Å². The summed E-state index contributed by atoms with van der Waals surface area (Å²) < 4.78 is 19.6. The number of hydrogen-bond donors (Lipinski definition) is 1. The lowest BCUT2D eigenvalue weighted by Crippen LogP contribution is -2.02. The number of nitrogens with one attached hydrogen (secondary N) is 1. The second-order valence-electron chi connectivity index (χ2n) is 5.26. The fourth-order valence-corrected chi connectivity index (χ4v) is 2.45. The Kier molecular flexibility index (Phi) is 5.65. The van der Waals surface area contributed by atoms with Gasteiger partial charge in [-0.2, -0.15) is 5.10 Å². The lowest BCUT2D eigenvalue weighted by atomic mass is 10.2. The first-order valence-corrected chi connectivity index (χ1v) is 8.10. The van der Waals surface area contributed by atoms with E-state index >= 15 is 0 Å². The molecule has 0 aliphatic heterocycles. The van der Waals surface area contributed by atoms with E-state index in [1.54, 1.807) is 24.4 Å². The van der Waals surface area contributed by atoms with Crippen molar-refractivity contribution in [2.75, 3.05) is 5.43 Å². The third-order valence-corrected chi connectivity index (χ3v) is 3.88. The van der Waals surface area contributed by atoms with Crippen LogP contribution in [0.15, 0.2) is 77.9 Å². The van der Waals surface area contributed by atoms with Crippen molar-refractivity contribution in [3.8, 4) is 5.75 Å². The van der Waals surface area contributed by atoms with Gasteiger partial charge in [0.2, 0.25) is 0 Å². The molecule has 5 heteroatoms. The number of halogens is 2. The number of para-hydroxylation sites is 2. The molecular weight excluding hydrogens is 339 g/mol. The highest BCUT2D eigenvalue weighted by Crippen LogP contribution is 2.23. The Bertz CT molecular complexity index is 848. The Hall–Kier alpha value is -2.85. The highest BCUT2D eigenvalue weighted by molar-refractivity contribution is 6.31. The van der Waals surface area contributed by atoms with E-state index in [4.69, 9.17) is 16.3 Å². The lowest BCUT2D eigenvalue weighted by Gasteiger charge is -2.10. The van der Waals surface area contributed by atoms with Crippen molar-refractivity contribution in [2.45, 2.75) is 6.61 Å². The average Bonchev–Trinajstić information content (AvgIpc) is 2.63. The third-order valence-electron chi connectivity index (χ3n) is 3.52. The van der Waals surface area contributed by atoms with E-state index in [0.717, 1.165) is 11.3 Å². The van der Waals surface area contributed by atoms with Crippen LogP contribution < -0.4 is 10.2 Å². The fourth-order valence-electron chi connectivity index (χ4n) is 2.23.